The van der Waals surface area contributed by atoms with E-state index in [1.54, 1.807) is 50.2 Å². The minimum atomic E-state index is -3.85. The molecule has 0 saturated heterocycles. The molecule has 0 radical (unpaired) electrons. The molecular formula is C24H30Cl3N3O4S. The van der Waals surface area contributed by atoms with Gasteiger partial charge in [0.15, 0.2) is 0 Å². The van der Waals surface area contributed by atoms with Gasteiger partial charge >= 0.3 is 0 Å². The summed E-state index contributed by atoms with van der Waals surface area (Å²) in [5.74, 6) is -0.931. The Morgan fingerprint density at radius 1 is 1.06 bits per heavy atom. The third-order valence-corrected chi connectivity index (χ3v) is 7.38. The number of aryl methyl sites for hydroxylation is 1. The maximum absolute atomic E-state index is 13.7. The number of nitrogens with one attached hydrogen (secondary N) is 1. The number of hydrogen-bond acceptors (Lipinski definition) is 4. The van der Waals surface area contributed by atoms with Crippen molar-refractivity contribution >= 4 is 62.3 Å². The Hall–Kier alpha value is -2.00. The van der Waals surface area contributed by atoms with E-state index in [2.05, 4.69) is 5.32 Å². The van der Waals surface area contributed by atoms with Gasteiger partial charge in [-0.3, -0.25) is 13.9 Å². The van der Waals surface area contributed by atoms with Crippen LogP contribution in [0, 0.1) is 6.92 Å². The fraction of sp³-hybridized carbons (Fsp3) is 0.417. The molecular weight excluding hydrogens is 533 g/mol. The second-order valence-corrected chi connectivity index (χ2v) is 11.7. The lowest BCUT2D eigenvalue weighted by Gasteiger charge is -2.33. The largest absolute Gasteiger partial charge is 0.352 e. The highest BCUT2D eigenvalue weighted by atomic mass is 35.5. The highest BCUT2D eigenvalue weighted by Gasteiger charge is 2.33. The van der Waals surface area contributed by atoms with Gasteiger partial charge in [-0.15, -0.1) is 0 Å². The van der Waals surface area contributed by atoms with Gasteiger partial charge in [0, 0.05) is 33.2 Å². The normalized spacial score (nSPS) is 12.4. The van der Waals surface area contributed by atoms with E-state index in [-0.39, 0.29) is 18.5 Å². The highest BCUT2D eigenvalue weighted by molar-refractivity contribution is 7.92. The molecule has 35 heavy (non-hydrogen) atoms. The first-order valence-electron chi connectivity index (χ1n) is 11.0. The number of nitrogens with zero attached hydrogens (tertiary/aromatic N) is 2. The summed E-state index contributed by atoms with van der Waals surface area (Å²) >= 11 is 18.8. The molecule has 0 aliphatic rings. The van der Waals surface area contributed by atoms with Crippen LogP contribution in [0.25, 0.3) is 0 Å². The van der Waals surface area contributed by atoms with Crippen molar-refractivity contribution in [2.24, 2.45) is 0 Å². The molecule has 0 aliphatic carbocycles. The molecule has 7 nitrogen and oxygen atoms in total. The molecule has 0 saturated carbocycles. The molecule has 0 bridgehead atoms. The van der Waals surface area contributed by atoms with Crippen molar-refractivity contribution in [2.75, 3.05) is 17.1 Å². The number of benzene rings is 2. The summed E-state index contributed by atoms with van der Waals surface area (Å²) in [5, 5.41) is 3.94. The van der Waals surface area contributed by atoms with Gasteiger partial charge in [0.2, 0.25) is 21.8 Å². The van der Waals surface area contributed by atoms with E-state index in [0.29, 0.717) is 38.3 Å². The van der Waals surface area contributed by atoms with Crippen LogP contribution in [0.2, 0.25) is 15.1 Å². The van der Waals surface area contributed by atoms with Crippen LogP contribution in [0.3, 0.4) is 0 Å². The third kappa shape index (κ3) is 7.74. The van der Waals surface area contributed by atoms with Gasteiger partial charge in [-0.2, -0.15) is 0 Å². The van der Waals surface area contributed by atoms with Crippen molar-refractivity contribution in [1.82, 2.24) is 10.2 Å². The van der Waals surface area contributed by atoms with Crippen LogP contribution in [0.4, 0.5) is 5.69 Å². The molecule has 192 valence electrons. The standard InChI is InChI=1S/C24H30Cl3N3O4S/c1-6-21(24(32)28-15(2)3)29(13-18-19(26)8-7-9-20(18)27)23(31)14-30(35(5,33)34)22-11-10-17(25)12-16(22)4/h7-12,15,21H,6,13-14H2,1-5H3,(H,28,32)/t21-/m1/s1. The van der Waals surface area contributed by atoms with Crippen molar-refractivity contribution < 1.29 is 18.0 Å². The van der Waals surface area contributed by atoms with Crippen molar-refractivity contribution in [3.8, 4) is 0 Å². The summed E-state index contributed by atoms with van der Waals surface area (Å²) in [6.45, 7) is 6.52. The van der Waals surface area contributed by atoms with Gasteiger partial charge in [-0.25, -0.2) is 8.42 Å². The molecule has 1 atom stereocenters. The van der Waals surface area contributed by atoms with E-state index in [0.717, 1.165) is 10.6 Å². The summed E-state index contributed by atoms with van der Waals surface area (Å²) in [6.07, 6.45) is 1.32. The number of amides is 2. The van der Waals surface area contributed by atoms with E-state index in [1.807, 2.05) is 13.8 Å². The summed E-state index contributed by atoms with van der Waals surface area (Å²) in [5.41, 5.74) is 1.37. The first-order chi connectivity index (χ1) is 16.3. The quantitative estimate of drug-likeness (QED) is 0.439. The second kappa shape index (κ2) is 12.3. The predicted molar refractivity (Wildman–Crippen MR) is 143 cm³/mol. The summed E-state index contributed by atoms with van der Waals surface area (Å²) in [6, 6.07) is 8.65. The molecule has 11 heteroatoms. The average molecular weight is 563 g/mol. The Kier molecular flexibility index (Phi) is 10.3. The molecule has 0 fully saturated rings. The Morgan fingerprint density at radius 2 is 1.66 bits per heavy atom. The van der Waals surface area contributed by atoms with Crippen LogP contribution in [0.5, 0.6) is 0 Å². The minimum Gasteiger partial charge on any atom is -0.352 e. The topological polar surface area (TPSA) is 86.8 Å². The number of carbonyl (C=O) groups is 2. The van der Waals surface area contributed by atoms with Crippen LogP contribution in [0.15, 0.2) is 36.4 Å². The van der Waals surface area contributed by atoms with Crippen LogP contribution in [0.1, 0.15) is 38.3 Å². The molecule has 2 aromatic rings. The molecule has 0 aromatic heterocycles. The predicted octanol–water partition coefficient (Wildman–Crippen LogP) is 5.05. The Balaban J connectivity index is 2.54. The molecule has 0 aliphatic heterocycles. The average Bonchev–Trinajstić information content (AvgIpc) is 2.73. The second-order valence-electron chi connectivity index (χ2n) is 8.51. The van der Waals surface area contributed by atoms with Gasteiger partial charge in [0.25, 0.3) is 0 Å². The maximum Gasteiger partial charge on any atom is 0.244 e. The summed E-state index contributed by atoms with van der Waals surface area (Å²) < 4.78 is 26.4. The lowest BCUT2D eigenvalue weighted by molar-refractivity contribution is -0.140. The van der Waals surface area contributed by atoms with Gasteiger partial charge in [-0.1, -0.05) is 47.8 Å². The Bertz CT molecular complexity index is 1170. The number of halogens is 3. The van der Waals surface area contributed by atoms with Crippen LogP contribution < -0.4 is 9.62 Å². The lowest BCUT2D eigenvalue weighted by Crippen LogP contribution is -2.53. The van der Waals surface area contributed by atoms with Crippen molar-refractivity contribution in [1.29, 1.82) is 0 Å². The van der Waals surface area contributed by atoms with E-state index in [4.69, 9.17) is 34.8 Å². The van der Waals surface area contributed by atoms with E-state index < -0.39 is 28.5 Å². The van der Waals surface area contributed by atoms with E-state index >= 15 is 0 Å². The molecule has 2 aromatic carbocycles. The first-order valence-corrected chi connectivity index (χ1v) is 14.0. The molecule has 0 heterocycles. The molecule has 2 rings (SSSR count). The zero-order chi connectivity index (χ0) is 26.5. The summed E-state index contributed by atoms with van der Waals surface area (Å²) in [4.78, 5) is 28.0. The molecule has 2 amide bonds. The smallest absolute Gasteiger partial charge is 0.244 e. The lowest BCUT2D eigenvalue weighted by atomic mass is 10.1. The maximum atomic E-state index is 13.7. The van der Waals surface area contributed by atoms with Gasteiger partial charge in [0.05, 0.1) is 11.9 Å². The van der Waals surface area contributed by atoms with E-state index in [9.17, 15) is 18.0 Å². The first kappa shape index (κ1) is 29.2. The fourth-order valence-electron chi connectivity index (χ4n) is 3.65. The van der Waals surface area contributed by atoms with Gasteiger partial charge < -0.3 is 10.2 Å². The Labute approximate surface area is 222 Å². The van der Waals surface area contributed by atoms with Crippen LogP contribution in [-0.2, 0) is 26.2 Å². The van der Waals surface area contributed by atoms with Crippen LogP contribution >= 0.6 is 34.8 Å². The monoisotopic (exact) mass is 561 g/mol. The highest BCUT2D eigenvalue weighted by Crippen LogP contribution is 2.29. The number of carbonyl (C=O) groups excluding carboxylic acids is 2. The zero-order valence-corrected chi connectivity index (χ0v) is 23.4. The number of anilines is 1. The van der Waals surface area contributed by atoms with E-state index in [1.165, 1.54) is 4.90 Å². The Morgan fingerprint density at radius 3 is 2.14 bits per heavy atom. The van der Waals surface area contributed by atoms with Crippen molar-refractivity contribution in [2.45, 2.75) is 52.7 Å². The zero-order valence-electron chi connectivity index (χ0n) is 20.3. The van der Waals surface area contributed by atoms with Gasteiger partial charge in [0.1, 0.15) is 12.6 Å². The van der Waals surface area contributed by atoms with Gasteiger partial charge in [-0.05, 0) is 63.1 Å². The number of rotatable bonds is 10. The fourth-order valence-corrected chi connectivity index (χ4v) is 5.30. The number of hydrogen-bond donors (Lipinski definition) is 1. The molecule has 1 N–H and O–H groups in total. The SMILES string of the molecule is CC[C@H](C(=O)NC(C)C)N(Cc1c(Cl)cccc1Cl)C(=O)CN(c1ccc(Cl)cc1C)S(C)(=O)=O. The summed E-state index contributed by atoms with van der Waals surface area (Å²) in [7, 11) is -3.85. The third-order valence-electron chi connectivity index (χ3n) is 5.31. The van der Waals surface area contributed by atoms with Crippen LogP contribution in [-0.4, -0.2) is 50.0 Å². The van der Waals surface area contributed by atoms with Crippen molar-refractivity contribution in [3.63, 3.8) is 0 Å². The molecule has 0 unspecified atom stereocenters. The number of sulfonamides is 1. The minimum absolute atomic E-state index is 0.0709. The molecule has 0 spiro atoms. The van der Waals surface area contributed by atoms with Crippen molar-refractivity contribution in [3.05, 3.63) is 62.6 Å².